The number of amides is 2. The summed E-state index contributed by atoms with van der Waals surface area (Å²) >= 11 is 3.15. The van der Waals surface area contributed by atoms with Gasteiger partial charge >= 0.3 is 12.0 Å². The Morgan fingerprint density at radius 1 is 1.58 bits per heavy atom. The minimum atomic E-state index is -1.11. The van der Waals surface area contributed by atoms with Gasteiger partial charge in [-0.25, -0.2) is 14.3 Å². The standard InChI is InChI=1S/C10H12BrN5O3/c1-6(11)2-12-10(19)15-3-7(4-15)16-5-8(9(17)18)13-14-16/h5,7H,1-4H2,(H,12,19)(H,17,18). The molecule has 1 fully saturated rings. The summed E-state index contributed by atoms with van der Waals surface area (Å²) in [6.07, 6.45) is 1.36. The number of urea groups is 1. The number of aromatic nitrogens is 3. The molecule has 0 saturated carbocycles. The van der Waals surface area contributed by atoms with Crippen LogP contribution < -0.4 is 5.32 Å². The number of aromatic carboxylic acids is 1. The summed E-state index contributed by atoms with van der Waals surface area (Å²) < 4.78 is 2.16. The lowest BCUT2D eigenvalue weighted by molar-refractivity contribution is 0.0690. The van der Waals surface area contributed by atoms with Crippen molar-refractivity contribution in [2.24, 2.45) is 0 Å². The molecule has 102 valence electrons. The predicted molar refractivity (Wildman–Crippen MR) is 69.1 cm³/mol. The Labute approximate surface area is 117 Å². The Hall–Kier alpha value is -1.90. The first kappa shape index (κ1) is 13.5. The number of hydrogen-bond donors (Lipinski definition) is 2. The van der Waals surface area contributed by atoms with Gasteiger partial charge in [0.2, 0.25) is 0 Å². The van der Waals surface area contributed by atoms with Crippen molar-refractivity contribution in [2.75, 3.05) is 19.6 Å². The van der Waals surface area contributed by atoms with E-state index in [0.717, 1.165) is 0 Å². The van der Waals surface area contributed by atoms with Crippen molar-refractivity contribution >= 4 is 27.9 Å². The Balaban J connectivity index is 1.83. The van der Waals surface area contributed by atoms with E-state index in [-0.39, 0.29) is 17.8 Å². The van der Waals surface area contributed by atoms with Crippen LogP contribution in [0.2, 0.25) is 0 Å². The summed E-state index contributed by atoms with van der Waals surface area (Å²) in [6, 6.07) is -0.214. The number of nitrogens with one attached hydrogen (secondary N) is 1. The van der Waals surface area contributed by atoms with Crippen molar-refractivity contribution in [1.29, 1.82) is 0 Å². The molecule has 0 aromatic carbocycles. The number of carbonyl (C=O) groups excluding carboxylic acids is 1. The number of halogens is 1. The highest BCUT2D eigenvalue weighted by molar-refractivity contribution is 9.11. The molecule has 2 rings (SSSR count). The smallest absolute Gasteiger partial charge is 0.358 e. The maximum Gasteiger partial charge on any atom is 0.358 e. The predicted octanol–water partition coefficient (Wildman–Crippen LogP) is 0.451. The SMILES string of the molecule is C=C(Br)CNC(=O)N1CC(n2cc(C(=O)O)nn2)C1. The van der Waals surface area contributed by atoms with E-state index >= 15 is 0 Å². The quantitative estimate of drug-likeness (QED) is 0.835. The molecule has 2 N–H and O–H groups in total. The fourth-order valence-corrected chi connectivity index (χ4v) is 1.77. The van der Waals surface area contributed by atoms with Crippen LogP contribution in [0.3, 0.4) is 0 Å². The zero-order chi connectivity index (χ0) is 14.0. The molecule has 2 amide bonds. The van der Waals surface area contributed by atoms with Gasteiger partial charge in [-0.3, -0.25) is 0 Å². The number of carbonyl (C=O) groups is 2. The van der Waals surface area contributed by atoms with Gasteiger partial charge in [-0.15, -0.1) is 5.10 Å². The molecule has 0 bridgehead atoms. The molecule has 9 heteroatoms. The molecule has 0 spiro atoms. The van der Waals surface area contributed by atoms with Crippen LogP contribution in [-0.4, -0.2) is 56.6 Å². The molecule has 1 saturated heterocycles. The Morgan fingerprint density at radius 2 is 2.26 bits per heavy atom. The van der Waals surface area contributed by atoms with Crippen molar-refractivity contribution in [2.45, 2.75) is 6.04 Å². The zero-order valence-electron chi connectivity index (χ0n) is 9.91. The molecule has 8 nitrogen and oxygen atoms in total. The number of nitrogens with zero attached hydrogens (tertiary/aromatic N) is 4. The number of rotatable bonds is 4. The van der Waals surface area contributed by atoms with Gasteiger partial charge in [0.25, 0.3) is 0 Å². The van der Waals surface area contributed by atoms with E-state index in [1.54, 1.807) is 4.90 Å². The molecular weight excluding hydrogens is 318 g/mol. The minimum absolute atomic E-state index is 0.0291. The van der Waals surface area contributed by atoms with Crippen LogP contribution in [0.25, 0.3) is 0 Å². The molecule has 1 aromatic rings. The lowest BCUT2D eigenvalue weighted by Crippen LogP contribution is -2.54. The number of likely N-dealkylation sites (tertiary alicyclic amines) is 1. The Bertz CT molecular complexity index is 523. The van der Waals surface area contributed by atoms with Gasteiger partial charge in [0.15, 0.2) is 5.69 Å². The summed E-state index contributed by atoms with van der Waals surface area (Å²) in [5, 5.41) is 18.7. The molecular formula is C10H12BrN5O3. The van der Waals surface area contributed by atoms with E-state index in [1.807, 2.05) is 0 Å². The molecule has 0 unspecified atom stereocenters. The monoisotopic (exact) mass is 329 g/mol. The topological polar surface area (TPSA) is 100 Å². The van der Waals surface area contributed by atoms with Crippen molar-refractivity contribution in [3.05, 3.63) is 23.0 Å². The van der Waals surface area contributed by atoms with Gasteiger partial charge in [-0.05, 0) is 0 Å². The first-order chi connectivity index (χ1) is 8.97. The third kappa shape index (κ3) is 3.11. The van der Waals surface area contributed by atoms with Crippen LogP contribution in [0.4, 0.5) is 4.79 Å². The first-order valence-electron chi connectivity index (χ1n) is 5.48. The second kappa shape index (κ2) is 5.39. The van der Waals surface area contributed by atoms with Crippen LogP contribution in [0.5, 0.6) is 0 Å². The second-order valence-electron chi connectivity index (χ2n) is 4.12. The second-order valence-corrected chi connectivity index (χ2v) is 5.25. The fourth-order valence-electron chi connectivity index (χ4n) is 1.62. The van der Waals surface area contributed by atoms with Gasteiger partial charge in [0.1, 0.15) is 0 Å². The number of hydrogen-bond acceptors (Lipinski definition) is 4. The molecule has 1 aromatic heterocycles. The van der Waals surface area contributed by atoms with Crippen LogP contribution >= 0.6 is 15.9 Å². The fraction of sp³-hybridized carbons (Fsp3) is 0.400. The van der Waals surface area contributed by atoms with Gasteiger partial charge in [-0.2, -0.15) is 0 Å². The molecule has 19 heavy (non-hydrogen) atoms. The van der Waals surface area contributed by atoms with E-state index in [2.05, 4.69) is 38.1 Å². The van der Waals surface area contributed by atoms with Crippen LogP contribution in [0.15, 0.2) is 17.3 Å². The maximum atomic E-state index is 11.6. The number of carboxylic acids is 1. The molecule has 0 aliphatic carbocycles. The Kier molecular flexibility index (Phi) is 3.84. The zero-order valence-corrected chi connectivity index (χ0v) is 11.5. The highest BCUT2D eigenvalue weighted by Crippen LogP contribution is 2.20. The molecule has 0 atom stereocenters. The summed E-state index contributed by atoms with van der Waals surface area (Å²) in [4.78, 5) is 23.9. The highest BCUT2D eigenvalue weighted by Gasteiger charge is 2.33. The molecule has 0 radical (unpaired) electrons. The summed E-state index contributed by atoms with van der Waals surface area (Å²) in [7, 11) is 0. The summed E-state index contributed by atoms with van der Waals surface area (Å²) in [6.45, 7) is 4.94. The maximum absolute atomic E-state index is 11.6. The molecule has 2 heterocycles. The van der Waals surface area contributed by atoms with E-state index in [9.17, 15) is 9.59 Å². The van der Waals surface area contributed by atoms with E-state index in [0.29, 0.717) is 24.1 Å². The average molecular weight is 330 g/mol. The lowest BCUT2D eigenvalue weighted by Gasteiger charge is -2.38. The van der Waals surface area contributed by atoms with Crippen LogP contribution in [0, 0.1) is 0 Å². The van der Waals surface area contributed by atoms with E-state index in [4.69, 9.17) is 5.11 Å². The highest BCUT2D eigenvalue weighted by atomic mass is 79.9. The Morgan fingerprint density at radius 3 is 2.79 bits per heavy atom. The third-order valence-corrected chi connectivity index (χ3v) is 2.96. The van der Waals surface area contributed by atoms with Gasteiger partial charge in [0.05, 0.1) is 18.8 Å². The normalized spacial score (nSPS) is 14.9. The van der Waals surface area contributed by atoms with Gasteiger partial charge < -0.3 is 15.3 Å². The lowest BCUT2D eigenvalue weighted by atomic mass is 10.1. The minimum Gasteiger partial charge on any atom is -0.476 e. The largest absolute Gasteiger partial charge is 0.476 e. The molecule has 1 aliphatic heterocycles. The number of carboxylic acid groups (broad SMARTS) is 1. The van der Waals surface area contributed by atoms with Gasteiger partial charge in [-0.1, -0.05) is 27.7 Å². The average Bonchev–Trinajstić information content (AvgIpc) is 2.73. The summed E-state index contributed by atoms with van der Waals surface area (Å²) in [5.41, 5.74) is -0.0986. The van der Waals surface area contributed by atoms with E-state index in [1.165, 1.54) is 10.9 Å². The van der Waals surface area contributed by atoms with Crippen molar-refractivity contribution in [1.82, 2.24) is 25.2 Å². The molecule has 1 aliphatic rings. The van der Waals surface area contributed by atoms with Crippen molar-refractivity contribution < 1.29 is 14.7 Å². The van der Waals surface area contributed by atoms with Crippen LogP contribution in [0.1, 0.15) is 16.5 Å². The van der Waals surface area contributed by atoms with Gasteiger partial charge in [0, 0.05) is 17.6 Å². The third-order valence-electron chi connectivity index (χ3n) is 2.68. The summed E-state index contributed by atoms with van der Waals surface area (Å²) in [5.74, 6) is -1.11. The van der Waals surface area contributed by atoms with Crippen LogP contribution in [-0.2, 0) is 0 Å². The van der Waals surface area contributed by atoms with E-state index < -0.39 is 5.97 Å². The first-order valence-corrected chi connectivity index (χ1v) is 6.28. The van der Waals surface area contributed by atoms with Crippen molar-refractivity contribution in [3.8, 4) is 0 Å². The van der Waals surface area contributed by atoms with Crippen molar-refractivity contribution in [3.63, 3.8) is 0 Å².